The molecule has 1 aliphatic heterocycles. The number of hydrogen-bond acceptors (Lipinski definition) is 5. The molecule has 7 nitrogen and oxygen atoms in total. The van der Waals surface area contributed by atoms with Crippen LogP contribution < -0.4 is 10.2 Å². The highest BCUT2D eigenvalue weighted by Crippen LogP contribution is 2.31. The van der Waals surface area contributed by atoms with Crippen LogP contribution in [0.15, 0.2) is 53.5 Å². The molecule has 0 radical (unpaired) electrons. The monoisotopic (exact) mass is 415 g/mol. The second-order valence-corrected chi connectivity index (χ2v) is 7.34. The lowest BCUT2D eigenvalue weighted by Crippen LogP contribution is -2.31. The van der Waals surface area contributed by atoms with Crippen LogP contribution in [0, 0.1) is 5.82 Å². The van der Waals surface area contributed by atoms with Crippen LogP contribution in [0.2, 0.25) is 0 Å². The minimum atomic E-state index is -1.09. The van der Waals surface area contributed by atoms with Gasteiger partial charge in [-0.15, -0.1) is 0 Å². The summed E-state index contributed by atoms with van der Waals surface area (Å²) in [6.07, 6.45) is -0.0161. The Kier molecular flexibility index (Phi) is 6.28. The molecular weight excluding hydrogens is 397 g/mol. The molecule has 0 aromatic heterocycles. The first-order valence-electron chi connectivity index (χ1n) is 8.83. The van der Waals surface area contributed by atoms with Gasteiger partial charge in [0.1, 0.15) is 11.1 Å². The maximum atomic E-state index is 13.4. The second-order valence-electron chi connectivity index (χ2n) is 6.14. The molecule has 2 amide bonds. The van der Waals surface area contributed by atoms with E-state index < -0.39 is 22.9 Å². The molecule has 2 aromatic rings. The van der Waals surface area contributed by atoms with Crippen LogP contribution in [-0.4, -0.2) is 39.9 Å². The molecule has 0 aliphatic carbocycles. The summed E-state index contributed by atoms with van der Waals surface area (Å²) < 4.78 is 13.4. The molecule has 1 fully saturated rings. The second kappa shape index (κ2) is 8.87. The molecule has 29 heavy (non-hydrogen) atoms. The number of halogens is 1. The number of amides is 2. The van der Waals surface area contributed by atoms with Gasteiger partial charge in [-0.3, -0.25) is 14.6 Å². The fourth-order valence-electron chi connectivity index (χ4n) is 2.79. The quantitative estimate of drug-likeness (QED) is 0.441. The van der Waals surface area contributed by atoms with Crippen LogP contribution in [-0.2, 0) is 9.59 Å². The van der Waals surface area contributed by atoms with Crippen LogP contribution in [0.5, 0.6) is 0 Å². The minimum absolute atomic E-state index is 0.0161. The van der Waals surface area contributed by atoms with E-state index in [9.17, 15) is 18.8 Å². The van der Waals surface area contributed by atoms with Crippen LogP contribution in [0.3, 0.4) is 0 Å². The molecule has 2 aromatic carbocycles. The summed E-state index contributed by atoms with van der Waals surface area (Å²) in [5.74, 6) is -2.28. The molecule has 0 saturated carbocycles. The average Bonchev–Trinajstić information content (AvgIpc) is 2.95. The molecule has 9 heteroatoms. The molecule has 1 saturated heterocycles. The topological polar surface area (TPSA) is 99.1 Å². The Bertz CT molecular complexity index is 978. The van der Waals surface area contributed by atoms with Crippen LogP contribution in [0.1, 0.15) is 23.7 Å². The number of carbonyl (C=O) groups excluding carboxylic acids is 2. The van der Waals surface area contributed by atoms with E-state index in [1.54, 1.807) is 12.1 Å². The number of nitrogens with one attached hydrogen (secondary N) is 1. The van der Waals surface area contributed by atoms with Gasteiger partial charge in [-0.1, -0.05) is 17.8 Å². The summed E-state index contributed by atoms with van der Waals surface area (Å²) in [5.41, 5.74) is 0.873. The van der Waals surface area contributed by atoms with Crippen molar-refractivity contribution in [2.75, 3.05) is 16.8 Å². The van der Waals surface area contributed by atoms with Crippen molar-refractivity contribution in [3.63, 3.8) is 0 Å². The van der Waals surface area contributed by atoms with Gasteiger partial charge in [0.2, 0.25) is 11.8 Å². The Labute approximate surface area is 170 Å². The maximum absolute atomic E-state index is 13.4. The Morgan fingerprint density at radius 3 is 2.62 bits per heavy atom. The third-order valence-electron chi connectivity index (χ3n) is 4.11. The highest BCUT2D eigenvalue weighted by molar-refractivity contribution is 8.15. The van der Waals surface area contributed by atoms with Crippen molar-refractivity contribution < 1.29 is 23.9 Å². The third kappa shape index (κ3) is 4.80. The first-order valence-corrected chi connectivity index (χ1v) is 9.71. The summed E-state index contributed by atoms with van der Waals surface area (Å²) in [6.45, 7) is 2.27. The van der Waals surface area contributed by atoms with E-state index in [-0.39, 0.29) is 17.9 Å². The third-order valence-corrected chi connectivity index (χ3v) is 5.22. The summed E-state index contributed by atoms with van der Waals surface area (Å²) >= 11 is 1.11. The SMILES string of the molecule is CCN=C(Nc1cccc(F)c1)S[C@@H]1CC(=O)N(c2ccc(C(=O)O)cc2)C1=O. The smallest absolute Gasteiger partial charge is 0.335 e. The van der Waals surface area contributed by atoms with E-state index in [2.05, 4.69) is 10.3 Å². The molecular formula is C20H18FN3O4S. The van der Waals surface area contributed by atoms with E-state index in [1.165, 1.54) is 36.4 Å². The fraction of sp³-hybridized carbons (Fsp3) is 0.200. The predicted molar refractivity (Wildman–Crippen MR) is 110 cm³/mol. The molecule has 2 N–H and O–H groups in total. The van der Waals surface area contributed by atoms with Crippen molar-refractivity contribution in [1.82, 2.24) is 0 Å². The minimum Gasteiger partial charge on any atom is -0.478 e. The average molecular weight is 415 g/mol. The number of thioether (sulfide) groups is 1. The highest BCUT2D eigenvalue weighted by atomic mass is 32.2. The van der Waals surface area contributed by atoms with Gasteiger partial charge in [0, 0.05) is 18.7 Å². The van der Waals surface area contributed by atoms with E-state index in [4.69, 9.17) is 5.11 Å². The van der Waals surface area contributed by atoms with Crippen molar-refractivity contribution in [1.29, 1.82) is 0 Å². The number of aromatic carboxylic acids is 1. The number of imide groups is 1. The van der Waals surface area contributed by atoms with Crippen LogP contribution in [0.25, 0.3) is 0 Å². The molecule has 0 bridgehead atoms. The Morgan fingerprint density at radius 2 is 2.00 bits per heavy atom. The van der Waals surface area contributed by atoms with Crippen molar-refractivity contribution in [2.45, 2.75) is 18.6 Å². The molecule has 1 atom stereocenters. The van der Waals surface area contributed by atoms with Gasteiger partial charge in [-0.2, -0.15) is 0 Å². The van der Waals surface area contributed by atoms with E-state index >= 15 is 0 Å². The summed E-state index contributed by atoms with van der Waals surface area (Å²) in [4.78, 5) is 41.6. The first kappa shape index (κ1) is 20.5. The summed E-state index contributed by atoms with van der Waals surface area (Å²) in [6, 6.07) is 11.4. The molecule has 0 unspecified atom stereocenters. The van der Waals surface area contributed by atoms with Crippen molar-refractivity contribution in [2.24, 2.45) is 4.99 Å². The zero-order valence-electron chi connectivity index (χ0n) is 15.5. The maximum Gasteiger partial charge on any atom is 0.335 e. The lowest BCUT2D eigenvalue weighted by molar-refractivity contribution is -0.121. The lowest BCUT2D eigenvalue weighted by Gasteiger charge is -2.16. The highest BCUT2D eigenvalue weighted by Gasteiger charge is 2.40. The number of carbonyl (C=O) groups is 3. The fourth-order valence-corrected chi connectivity index (χ4v) is 3.88. The van der Waals surface area contributed by atoms with Crippen molar-refractivity contribution in [3.8, 4) is 0 Å². The normalized spacial score (nSPS) is 17.0. The Hall–Kier alpha value is -3.20. The predicted octanol–water partition coefficient (Wildman–Crippen LogP) is 3.38. The van der Waals surface area contributed by atoms with Gasteiger partial charge in [0.15, 0.2) is 5.17 Å². The summed E-state index contributed by atoms with van der Waals surface area (Å²) in [7, 11) is 0. The molecule has 150 valence electrons. The van der Waals surface area contributed by atoms with E-state index in [0.29, 0.717) is 23.1 Å². The Morgan fingerprint density at radius 1 is 1.28 bits per heavy atom. The number of carboxylic acids is 1. The van der Waals surface area contributed by atoms with Gasteiger partial charge in [-0.05, 0) is 49.4 Å². The van der Waals surface area contributed by atoms with Gasteiger partial charge in [0.25, 0.3) is 0 Å². The number of hydrogen-bond donors (Lipinski definition) is 2. The van der Waals surface area contributed by atoms with Gasteiger partial charge < -0.3 is 10.4 Å². The van der Waals surface area contributed by atoms with Crippen LogP contribution >= 0.6 is 11.8 Å². The van der Waals surface area contributed by atoms with E-state index in [0.717, 1.165) is 16.7 Å². The van der Waals surface area contributed by atoms with Crippen molar-refractivity contribution in [3.05, 3.63) is 59.9 Å². The zero-order valence-corrected chi connectivity index (χ0v) is 16.3. The number of amidine groups is 1. The molecule has 0 spiro atoms. The van der Waals surface area contributed by atoms with Crippen molar-refractivity contribution >= 4 is 46.1 Å². The first-order chi connectivity index (χ1) is 13.9. The number of nitrogens with zero attached hydrogens (tertiary/aromatic N) is 2. The zero-order chi connectivity index (χ0) is 21.0. The summed E-state index contributed by atoms with van der Waals surface area (Å²) in [5, 5.41) is 11.7. The lowest BCUT2D eigenvalue weighted by atomic mass is 10.2. The number of carboxylic acid groups (broad SMARTS) is 1. The van der Waals surface area contributed by atoms with Gasteiger partial charge >= 0.3 is 5.97 Å². The van der Waals surface area contributed by atoms with E-state index in [1.807, 2.05) is 6.92 Å². The van der Waals surface area contributed by atoms with Gasteiger partial charge in [0.05, 0.1) is 11.3 Å². The number of rotatable bonds is 5. The standard InChI is InChI=1S/C20H18FN3O4S/c1-2-22-20(23-14-5-3-4-13(21)10-14)29-16-11-17(25)24(18(16)26)15-8-6-12(7-9-15)19(27)28/h3-10,16H,2,11H2,1H3,(H,22,23)(H,27,28)/t16-/m1/s1. The largest absolute Gasteiger partial charge is 0.478 e. The molecule has 3 rings (SSSR count). The number of benzene rings is 2. The Balaban J connectivity index is 1.75. The molecule has 1 heterocycles. The van der Waals surface area contributed by atoms with Crippen LogP contribution in [0.4, 0.5) is 15.8 Å². The van der Waals surface area contributed by atoms with Gasteiger partial charge in [-0.25, -0.2) is 14.1 Å². The number of anilines is 2. The number of aliphatic imine (C=N–C) groups is 1. The molecule has 1 aliphatic rings.